The Labute approximate surface area is 269 Å². The van der Waals surface area contributed by atoms with E-state index in [0.717, 1.165) is 87.3 Å². The van der Waals surface area contributed by atoms with Crippen molar-refractivity contribution in [1.29, 1.82) is 0 Å². The lowest BCUT2D eigenvalue weighted by molar-refractivity contribution is -0.133. The van der Waals surface area contributed by atoms with Gasteiger partial charge >= 0.3 is 0 Å². The number of hydrogen-bond acceptors (Lipinski definition) is 5. The highest BCUT2D eigenvalue weighted by molar-refractivity contribution is 6.00. The summed E-state index contributed by atoms with van der Waals surface area (Å²) in [5, 5.41) is 1.24. The van der Waals surface area contributed by atoms with E-state index in [9.17, 15) is 9.59 Å². The molecule has 5 fully saturated rings. The van der Waals surface area contributed by atoms with Crippen LogP contribution in [0.3, 0.4) is 0 Å². The molecule has 4 heterocycles. The molecule has 0 spiro atoms. The van der Waals surface area contributed by atoms with E-state index in [1.165, 1.54) is 29.3 Å². The van der Waals surface area contributed by atoms with Crippen LogP contribution in [0.15, 0.2) is 36.4 Å². The van der Waals surface area contributed by atoms with Crippen LogP contribution in [0.4, 0.5) is 0 Å². The molecule has 9 heteroatoms. The number of benzene rings is 2. The Morgan fingerprint density at radius 2 is 1.78 bits per heavy atom. The Morgan fingerprint density at radius 1 is 0.978 bits per heavy atom. The Balaban J connectivity index is 1.10. The second-order valence-electron chi connectivity index (χ2n) is 14.7. The molecule has 5 aliphatic rings. The molecule has 240 valence electrons. The Bertz CT molecular complexity index is 1870. The van der Waals surface area contributed by atoms with Crippen molar-refractivity contribution < 1.29 is 14.3 Å². The van der Waals surface area contributed by atoms with Crippen molar-refractivity contribution in [3.63, 3.8) is 0 Å². The van der Waals surface area contributed by atoms with Crippen LogP contribution in [-0.4, -0.2) is 74.6 Å². The second-order valence-corrected chi connectivity index (χ2v) is 14.7. The zero-order valence-electron chi connectivity index (χ0n) is 27.0. The summed E-state index contributed by atoms with van der Waals surface area (Å²) in [6.07, 6.45) is 8.74. The van der Waals surface area contributed by atoms with Crippen LogP contribution >= 0.6 is 0 Å². The van der Waals surface area contributed by atoms with Gasteiger partial charge in [-0.05, 0) is 92.9 Å². The van der Waals surface area contributed by atoms with E-state index in [-0.39, 0.29) is 23.9 Å². The highest BCUT2D eigenvalue weighted by Gasteiger charge is 2.47. The van der Waals surface area contributed by atoms with Crippen molar-refractivity contribution in [3.8, 4) is 17.3 Å². The lowest BCUT2D eigenvalue weighted by Crippen LogP contribution is -2.41. The summed E-state index contributed by atoms with van der Waals surface area (Å²) < 4.78 is 10.6. The van der Waals surface area contributed by atoms with Crippen molar-refractivity contribution >= 4 is 33.8 Å². The van der Waals surface area contributed by atoms with Gasteiger partial charge in [-0.15, -0.1) is 0 Å². The number of piperidine rings is 2. The van der Waals surface area contributed by atoms with Gasteiger partial charge in [0.2, 0.25) is 5.91 Å². The predicted molar refractivity (Wildman–Crippen MR) is 178 cm³/mol. The summed E-state index contributed by atoms with van der Waals surface area (Å²) in [7, 11) is 3.73. The number of likely N-dealkylation sites (tertiary alicyclic amines) is 2. The molecule has 2 aromatic carbocycles. The van der Waals surface area contributed by atoms with Gasteiger partial charge in [-0.3, -0.25) is 9.59 Å². The Kier molecular flexibility index (Phi) is 6.53. The standard InChI is InChI=1S/C37H44N6O3/c1-40-34-28(16-26(18-31(34)46-2)37(45)43-20-25-10-11-29(43)32(25)38)39-35(40)30-17-24-4-3-5-27(33(24)42(30)19-21-6-7-21)22-12-14-41(15-13-22)36(44)23-8-9-23/h3-5,16-18,21-23,25,29,32H,6-15,19-20,38H2,1-2H3/t25-,29-,32-/m1/s1. The van der Waals surface area contributed by atoms with Gasteiger partial charge in [-0.2, -0.15) is 0 Å². The number of nitrogens with zero attached hydrogens (tertiary/aromatic N) is 5. The number of methoxy groups -OCH3 is 1. The number of rotatable bonds is 7. The van der Waals surface area contributed by atoms with Gasteiger partial charge in [0.05, 0.1) is 23.8 Å². The van der Waals surface area contributed by atoms with Crippen LogP contribution in [0.2, 0.25) is 0 Å². The van der Waals surface area contributed by atoms with E-state index >= 15 is 0 Å². The van der Waals surface area contributed by atoms with Crippen molar-refractivity contribution in [2.24, 2.45) is 30.5 Å². The third-order valence-electron chi connectivity index (χ3n) is 11.8. The van der Waals surface area contributed by atoms with Gasteiger partial charge in [0.15, 0.2) is 5.82 Å². The van der Waals surface area contributed by atoms with Crippen LogP contribution in [0.5, 0.6) is 5.75 Å². The summed E-state index contributed by atoms with van der Waals surface area (Å²) in [6.45, 7) is 3.40. The molecule has 2 aliphatic heterocycles. The number of para-hydroxylation sites is 1. The largest absolute Gasteiger partial charge is 0.494 e. The number of amides is 2. The second kappa shape index (κ2) is 10.6. The minimum Gasteiger partial charge on any atom is -0.494 e. The van der Waals surface area contributed by atoms with Gasteiger partial charge in [-0.25, -0.2) is 4.98 Å². The van der Waals surface area contributed by atoms with Gasteiger partial charge < -0.3 is 29.4 Å². The zero-order valence-corrected chi connectivity index (χ0v) is 27.0. The molecular weight excluding hydrogens is 576 g/mol. The first-order valence-electron chi connectivity index (χ1n) is 17.4. The van der Waals surface area contributed by atoms with Crippen molar-refractivity contribution in [3.05, 3.63) is 47.5 Å². The number of fused-ring (bicyclic) bond motifs is 4. The molecule has 9 nitrogen and oxygen atoms in total. The number of ether oxygens (including phenoxy) is 1. The van der Waals surface area contributed by atoms with Crippen molar-refractivity contribution in [1.82, 2.24) is 23.9 Å². The molecule has 2 N–H and O–H groups in total. The summed E-state index contributed by atoms with van der Waals surface area (Å²) >= 11 is 0. The first-order valence-corrected chi connectivity index (χ1v) is 17.4. The third kappa shape index (κ3) is 4.48. The zero-order chi connectivity index (χ0) is 31.3. The van der Waals surface area contributed by atoms with Gasteiger partial charge in [0.25, 0.3) is 5.91 Å². The fraction of sp³-hybridized carbons (Fsp3) is 0.541. The molecule has 2 amide bonds. The van der Waals surface area contributed by atoms with E-state index < -0.39 is 0 Å². The molecule has 0 radical (unpaired) electrons. The average Bonchev–Trinajstić information content (AvgIpc) is 3.99. The van der Waals surface area contributed by atoms with Crippen LogP contribution in [0.25, 0.3) is 33.5 Å². The van der Waals surface area contributed by atoms with E-state index in [1.54, 1.807) is 7.11 Å². The maximum Gasteiger partial charge on any atom is 0.254 e. The number of hydrogen-bond donors (Lipinski definition) is 1. The Hall–Kier alpha value is -3.85. The maximum absolute atomic E-state index is 13.8. The van der Waals surface area contributed by atoms with E-state index in [4.69, 9.17) is 15.5 Å². The average molecular weight is 621 g/mol. The first kappa shape index (κ1) is 28.4. The first-order chi connectivity index (χ1) is 22.4. The fourth-order valence-electron chi connectivity index (χ4n) is 8.88. The quantitative estimate of drug-likeness (QED) is 0.303. The van der Waals surface area contributed by atoms with Crippen molar-refractivity contribution in [2.75, 3.05) is 26.7 Å². The summed E-state index contributed by atoms with van der Waals surface area (Å²) in [6, 6.07) is 13.1. The third-order valence-corrected chi connectivity index (χ3v) is 11.8. The number of aryl methyl sites for hydroxylation is 1. The smallest absolute Gasteiger partial charge is 0.254 e. The van der Waals surface area contributed by atoms with Crippen LogP contribution in [-0.2, 0) is 18.4 Å². The molecule has 3 saturated carbocycles. The minimum absolute atomic E-state index is 0.0208. The SMILES string of the molecule is COc1cc(C(=O)N2C[C@H]3CC[C@@H]2[C@@H]3N)cc2nc(-c3cc4cccc(C5CCN(C(=O)C6CC6)CC5)c4n3CC3CC3)n(C)c12. The van der Waals surface area contributed by atoms with E-state index in [0.29, 0.717) is 35.0 Å². The summed E-state index contributed by atoms with van der Waals surface area (Å²) in [5.41, 5.74) is 12.5. The van der Waals surface area contributed by atoms with Crippen LogP contribution in [0.1, 0.15) is 73.2 Å². The molecule has 2 saturated heterocycles. The molecule has 2 bridgehead atoms. The molecule has 9 rings (SSSR count). The van der Waals surface area contributed by atoms with Gasteiger partial charge in [-0.1, -0.05) is 18.2 Å². The maximum atomic E-state index is 13.8. The number of aromatic nitrogens is 3. The lowest BCUT2D eigenvalue weighted by atomic mass is 9.88. The molecule has 3 aliphatic carbocycles. The molecule has 3 atom stereocenters. The van der Waals surface area contributed by atoms with Gasteiger partial charge in [0.1, 0.15) is 11.3 Å². The van der Waals surface area contributed by atoms with Crippen LogP contribution in [0, 0.1) is 17.8 Å². The normalized spacial score (nSPS) is 24.9. The number of nitrogens with two attached hydrogens (primary N) is 1. The molecule has 2 aromatic heterocycles. The molecule has 0 unspecified atom stereocenters. The topological polar surface area (TPSA) is 98.6 Å². The summed E-state index contributed by atoms with van der Waals surface area (Å²) in [4.78, 5) is 35.9. The van der Waals surface area contributed by atoms with E-state index in [1.807, 2.05) is 17.0 Å². The summed E-state index contributed by atoms with van der Waals surface area (Å²) in [5.74, 6) is 3.72. The number of carbonyl (C=O) groups excluding carboxylic acids is 2. The Morgan fingerprint density at radius 3 is 2.46 bits per heavy atom. The number of imidazole rings is 1. The van der Waals surface area contributed by atoms with Crippen LogP contribution < -0.4 is 10.5 Å². The fourth-order valence-corrected chi connectivity index (χ4v) is 8.88. The van der Waals surface area contributed by atoms with Gasteiger partial charge in [0, 0.05) is 62.2 Å². The highest BCUT2D eigenvalue weighted by atomic mass is 16.5. The number of carbonyl (C=O) groups is 2. The predicted octanol–water partition coefficient (Wildman–Crippen LogP) is 5.29. The molecular formula is C37H44N6O3. The highest BCUT2D eigenvalue weighted by Crippen LogP contribution is 2.43. The van der Waals surface area contributed by atoms with Crippen molar-refractivity contribution in [2.45, 2.75) is 75.9 Å². The molecule has 4 aromatic rings. The van der Waals surface area contributed by atoms with E-state index in [2.05, 4.69) is 45.3 Å². The minimum atomic E-state index is 0.0208. The monoisotopic (exact) mass is 620 g/mol. The molecule has 46 heavy (non-hydrogen) atoms. The lowest BCUT2D eigenvalue weighted by Gasteiger charge is -2.33.